The summed E-state index contributed by atoms with van der Waals surface area (Å²) in [5, 5.41) is 4.79. The van der Waals surface area contributed by atoms with Crippen molar-refractivity contribution < 1.29 is 14.3 Å². The Hall–Kier alpha value is -2.34. The van der Waals surface area contributed by atoms with Gasteiger partial charge in [0.05, 0.1) is 13.5 Å². The van der Waals surface area contributed by atoms with Gasteiger partial charge >= 0.3 is 0 Å². The van der Waals surface area contributed by atoms with Crippen LogP contribution in [-0.2, 0) is 16.0 Å². The van der Waals surface area contributed by atoms with Gasteiger partial charge in [0.15, 0.2) is 0 Å². The topological polar surface area (TPSA) is 58.6 Å². The third kappa shape index (κ3) is 3.37. The highest BCUT2D eigenvalue weighted by molar-refractivity contribution is 7.10. The van der Waals surface area contributed by atoms with Crippen LogP contribution in [0.3, 0.4) is 0 Å². The van der Waals surface area contributed by atoms with E-state index in [-0.39, 0.29) is 11.8 Å². The fourth-order valence-corrected chi connectivity index (χ4v) is 3.41. The number of ether oxygens (including phenoxy) is 1. The van der Waals surface area contributed by atoms with Crippen LogP contribution in [0.4, 0.5) is 0 Å². The largest absolute Gasteiger partial charge is 0.497 e. The van der Waals surface area contributed by atoms with Crippen molar-refractivity contribution >= 4 is 23.2 Å². The van der Waals surface area contributed by atoms with E-state index in [1.54, 1.807) is 35.5 Å². The average molecular weight is 330 g/mol. The number of piperazine rings is 1. The van der Waals surface area contributed by atoms with E-state index in [4.69, 9.17) is 4.74 Å². The molecule has 2 amide bonds. The van der Waals surface area contributed by atoms with Crippen LogP contribution in [0.15, 0.2) is 41.8 Å². The van der Waals surface area contributed by atoms with Gasteiger partial charge in [-0.25, -0.2) is 0 Å². The molecule has 0 bridgehead atoms. The SMILES string of the molecule is COc1ccc(C2C(=O)NCCN2C(=O)Cc2cccs2)cc1. The summed E-state index contributed by atoms with van der Waals surface area (Å²) in [7, 11) is 1.60. The van der Waals surface area contributed by atoms with Crippen molar-refractivity contribution in [2.24, 2.45) is 0 Å². The summed E-state index contributed by atoms with van der Waals surface area (Å²) in [5.41, 5.74) is 0.794. The molecule has 1 aliphatic rings. The van der Waals surface area contributed by atoms with E-state index >= 15 is 0 Å². The van der Waals surface area contributed by atoms with Crippen LogP contribution < -0.4 is 10.1 Å². The Morgan fingerprint density at radius 1 is 1.35 bits per heavy atom. The number of thiophene rings is 1. The molecule has 6 heteroatoms. The maximum absolute atomic E-state index is 12.6. The Bertz CT molecular complexity index is 682. The van der Waals surface area contributed by atoms with Crippen LogP contribution in [0.2, 0.25) is 0 Å². The lowest BCUT2D eigenvalue weighted by molar-refractivity contribution is -0.143. The normalized spacial score (nSPS) is 17.7. The predicted octanol–water partition coefficient (Wildman–Crippen LogP) is 2.00. The molecule has 120 valence electrons. The van der Waals surface area contributed by atoms with Crippen molar-refractivity contribution in [3.8, 4) is 5.75 Å². The molecule has 23 heavy (non-hydrogen) atoms. The number of nitrogens with zero attached hydrogens (tertiary/aromatic N) is 1. The van der Waals surface area contributed by atoms with Gasteiger partial charge in [-0.15, -0.1) is 11.3 Å². The molecular weight excluding hydrogens is 312 g/mol. The molecule has 1 aliphatic heterocycles. The molecule has 0 saturated carbocycles. The molecular formula is C17H18N2O3S. The third-order valence-electron chi connectivity index (χ3n) is 3.87. The molecule has 1 aromatic carbocycles. The summed E-state index contributed by atoms with van der Waals surface area (Å²) in [6.07, 6.45) is 0.331. The fourth-order valence-electron chi connectivity index (χ4n) is 2.72. The van der Waals surface area contributed by atoms with E-state index in [1.165, 1.54) is 0 Å². The second-order valence-corrected chi connectivity index (χ2v) is 6.34. The molecule has 0 aliphatic carbocycles. The van der Waals surface area contributed by atoms with Crippen molar-refractivity contribution in [3.05, 3.63) is 52.2 Å². The number of carbonyl (C=O) groups excluding carboxylic acids is 2. The van der Waals surface area contributed by atoms with E-state index in [9.17, 15) is 9.59 Å². The highest BCUT2D eigenvalue weighted by atomic mass is 32.1. The molecule has 1 saturated heterocycles. The number of benzene rings is 1. The van der Waals surface area contributed by atoms with E-state index in [2.05, 4.69) is 5.32 Å². The fraction of sp³-hybridized carbons (Fsp3) is 0.294. The molecule has 0 radical (unpaired) electrons. The van der Waals surface area contributed by atoms with Crippen molar-refractivity contribution in [1.29, 1.82) is 0 Å². The monoisotopic (exact) mass is 330 g/mol. The van der Waals surface area contributed by atoms with Crippen molar-refractivity contribution in [2.75, 3.05) is 20.2 Å². The van der Waals surface area contributed by atoms with E-state index in [0.717, 1.165) is 16.2 Å². The van der Waals surface area contributed by atoms with Gasteiger partial charge in [-0.1, -0.05) is 18.2 Å². The zero-order valence-electron chi connectivity index (χ0n) is 12.8. The minimum atomic E-state index is -0.581. The summed E-state index contributed by atoms with van der Waals surface area (Å²) in [4.78, 5) is 27.7. The molecule has 1 atom stereocenters. The number of rotatable bonds is 4. The number of methoxy groups -OCH3 is 1. The molecule has 2 heterocycles. The Balaban J connectivity index is 1.83. The molecule has 1 aromatic heterocycles. The Morgan fingerprint density at radius 2 is 2.13 bits per heavy atom. The summed E-state index contributed by atoms with van der Waals surface area (Å²) < 4.78 is 5.15. The molecule has 1 fully saturated rings. The van der Waals surface area contributed by atoms with Gasteiger partial charge in [0, 0.05) is 18.0 Å². The van der Waals surface area contributed by atoms with E-state index in [1.807, 2.05) is 29.6 Å². The summed E-state index contributed by atoms with van der Waals surface area (Å²) in [5.74, 6) is 0.561. The van der Waals surface area contributed by atoms with E-state index in [0.29, 0.717) is 19.5 Å². The van der Waals surface area contributed by atoms with Crippen LogP contribution >= 0.6 is 11.3 Å². The second kappa shape index (κ2) is 6.83. The Labute approximate surface area is 138 Å². The maximum atomic E-state index is 12.6. The first-order chi connectivity index (χ1) is 11.2. The lowest BCUT2D eigenvalue weighted by atomic mass is 10.0. The van der Waals surface area contributed by atoms with Crippen molar-refractivity contribution in [1.82, 2.24) is 10.2 Å². The summed E-state index contributed by atoms with van der Waals surface area (Å²) in [6, 6.07) is 10.6. The van der Waals surface area contributed by atoms with Crippen LogP contribution in [0.1, 0.15) is 16.5 Å². The van der Waals surface area contributed by atoms with Gasteiger partial charge in [0.1, 0.15) is 11.8 Å². The molecule has 1 unspecified atom stereocenters. The highest BCUT2D eigenvalue weighted by Crippen LogP contribution is 2.26. The molecule has 1 N–H and O–H groups in total. The predicted molar refractivity (Wildman–Crippen MR) is 88.5 cm³/mol. The zero-order valence-corrected chi connectivity index (χ0v) is 13.6. The molecule has 2 aromatic rings. The minimum Gasteiger partial charge on any atom is -0.497 e. The van der Waals surface area contributed by atoms with Gasteiger partial charge in [-0.2, -0.15) is 0 Å². The number of carbonyl (C=O) groups is 2. The number of hydrogen-bond donors (Lipinski definition) is 1. The Morgan fingerprint density at radius 3 is 2.78 bits per heavy atom. The number of nitrogens with one attached hydrogen (secondary N) is 1. The lowest BCUT2D eigenvalue weighted by Gasteiger charge is -2.35. The second-order valence-electron chi connectivity index (χ2n) is 5.31. The average Bonchev–Trinajstić information content (AvgIpc) is 3.07. The molecule has 0 spiro atoms. The van der Waals surface area contributed by atoms with Gasteiger partial charge in [-0.05, 0) is 29.1 Å². The summed E-state index contributed by atoms with van der Waals surface area (Å²) in [6.45, 7) is 1.01. The van der Waals surface area contributed by atoms with Crippen LogP contribution in [-0.4, -0.2) is 36.9 Å². The van der Waals surface area contributed by atoms with Crippen molar-refractivity contribution in [3.63, 3.8) is 0 Å². The van der Waals surface area contributed by atoms with Gasteiger partial charge in [-0.3, -0.25) is 9.59 Å². The first-order valence-corrected chi connectivity index (χ1v) is 8.30. The zero-order chi connectivity index (χ0) is 16.2. The number of hydrogen-bond acceptors (Lipinski definition) is 4. The third-order valence-corrected chi connectivity index (χ3v) is 4.75. The minimum absolute atomic E-state index is 0.0249. The molecule has 5 nitrogen and oxygen atoms in total. The lowest BCUT2D eigenvalue weighted by Crippen LogP contribution is -2.52. The maximum Gasteiger partial charge on any atom is 0.247 e. The van der Waals surface area contributed by atoms with Gasteiger partial charge < -0.3 is 15.0 Å². The first kappa shape index (κ1) is 15.6. The smallest absolute Gasteiger partial charge is 0.247 e. The highest BCUT2D eigenvalue weighted by Gasteiger charge is 2.34. The van der Waals surface area contributed by atoms with Crippen LogP contribution in [0.25, 0.3) is 0 Å². The van der Waals surface area contributed by atoms with Gasteiger partial charge in [0.25, 0.3) is 0 Å². The Kier molecular flexibility index (Phi) is 4.62. The first-order valence-electron chi connectivity index (χ1n) is 7.42. The van der Waals surface area contributed by atoms with Gasteiger partial charge in [0.2, 0.25) is 11.8 Å². The van der Waals surface area contributed by atoms with E-state index < -0.39 is 6.04 Å². The van der Waals surface area contributed by atoms with Crippen molar-refractivity contribution in [2.45, 2.75) is 12.5 Å². The quantitative estimate of drug-likeness (QED) is 0.933. The van der Waals surface area contributed by atoms with Crippen LogP contribution in [0, 0.1) is 0 Å². The van der Waals surface area contributed by atoms with Crippen LogP contribution in [0.5, 0.6) is 5.75 Å². The summed E-state index contributed by atoms with van der Waals surface area (Å²) >= 11 is 1.55. The number of amides is 2. The molecule has 3 rings (SSSR count). The standard InChI is InChI=1S/C17H18N2O3S/c1-22-13-6-4-12(5-7-13)16-17(21)18-8-9-19(16)15(20)11-14-3-2-10-23-14/h2-7,10,16H,8-9,11H2,1H3,(H,18,21).